The predicted octanol–water partition coefficient (Wildman–Crippen LogP) is 3.10. The van der Waals surface area contributed by atoms with E-state index in [1.807, 2.05) is 0 Å². The van der Waals surface area contributed by atoms with Crippen LogP contribution in [0, 0.1) is 0 Å². The van der Waals surface area contributed by atoms with Crippen LogP contribution < -0.4 is 0 Å². The molecule has 1 atom stereocenters. The van der Waals surface area contributed by atoms with E-state index in [1.54, 1.807) is 5.08 Å². The van der Waals surface area contributed by atoms with Crippen molar-refractivity contribution >= 4 is 32.1 Å². The average molecular weight is 209 g/mol. The molecule has 0 bridgehead atoms. The Morgan fingerprint density at radius 1 is 1.13 bits per heavy atom. The zero-order valence-corrected chi connectivity index (χ0v) is 9.88. The van der Waals surface area contributed by atoms with Crippen molar-refractivity contribution in [1.29, 1.82) is 0 Å². The second-order valence-corrected chi connectivity index (χ2v) is 3.84. The highest BCUT2D eigenvalue weighted by Gasteiger charge is 2.05. The fourth-order valence-electron chi connectivity index (χ4n) is 1.82. The largest absolute Gasteiger partial charge is 0.310 e. The van der Waals surface area contributed by atoms with Gasteiger partial charge in [0.2, 0.25) is 0 Å². The van der Waals surface area contributed by atoms with Gasteiger partial charge in [0.05, 0.1) is 6.04 Å². The van der Waals surface area contributed by atoms with Gasteiger partial charge in [-0.25, -0.2) is 0 Å². The Labute approximate surface area is 98.3 Å². The SMILES string of the molecule is C[C@@H](N=[CH][Al])c1cccc2ccccc12. The van der Waals surface area contributed by atoms with Crippen LogP contribution in [0.25, 0.3) is 10.8 Å². The Morgan fingerprint density at radius 3 is 2.67 bits per heavy atom. The molecule has 0 N–H and O–H groups in total. The lowest BCUT2D eigenvalue weighted by Gasteiger charge is -2.10. The first kappa shape index (κ1) is 10.4. The van der Waals surface area contributed by atoms with Gasteiger partial charge in [0.1, 0.15) is 0 Å². The predicted molar refractivity (Wildman–Crippen MR) is 66.6 cm³/mol. The quantitative estimate of drug-likeness (QED) is 0.532. The second kappa shape index (κ2) is 4.61. The summed E-state index contributed by atoms with van der Waals surface area (Å²) in [5, 5.41) is 4.36. The van der Waals surface area contributed by atoms with E-state index in [0.29, 0.717) is 0 Å². The highest BCUT2D eigenvalue weighted by molar-refractivity contribution is 6.49. The number of nitrogens with zero attached hydrogens (tertiary/aromatic N) is 1. The third-order valence-corrected chi connectivity index (χ3v) is 2.76. The normalized spacial score (nSPS) is 13.4. The lowest BCUT2D eigenvalue weighted by molar-refractivity contribution is 0.836. The van der Waals surface area contributed by atoms with Crippen LogP contribution in [0.4, 0.5) is 0 Å². The molecule has 72 valence electrons. The van der Waals surface area contributed by atoms with Crippen LogP contribution in [0.2, 0.25) is 0 Å². The van der Waals surface area contributed by atoms with Crippen LogP contribution >= 0.6 is 0 Å². The molecule has 2 rings (SSSR count). The van der Waals surface area contributed by atoms with Gasteiger partial charge in [0.25, 0.3) is 0 Å². The minimum Gasteiger partial charge on any atom is -0.310 e. The molecule has 0 saturated carbocycles. The maximum Gasteiger partial charge on any atom is 0.195 e. The third-order valence-electron chi connectivity index (χ3n) is 2.58. The van der Waals surface area contributed by atoms with E-state index in [1.165, 1.54) is 16.3 Å². The molecule has 0 fully saturated rings. The van der Waals surface area contributed by atoms with E-state index in [2.05, 4.69) is 70.7 Å². The zero-order valence-electron chi connectivity index (χ0n) is 8.72. The molecule has 15 heavy (non-hydrogen) atoms. The Balaban J connectivity index is 2.60. The fraction of sp³-hybridized carbons (Fsp3) is 0.154. The first-order valence-electron chi connectivity index (χ1n) is 5.04. The van der Waals surface area contributed by atoms with E-state index in [9.17, 15) is 0 Å². The van der Waals surface area contributed by atoms with Crippen LogP contribution in [-0.2, 0) is 0 Å². The number of benzene rings is 2. The Bertz CT molecular complexity index is 485. The van der Waals surface area contributed by atoms with Crippen molar-refractivity contribution in [3.05, 3.63) is 48.0 Å². The second-order valence-electron chi connectivity index (χ2n) is 3.54. The Kier molecular flexibility index (Phi) is 3.21. The van der Waals surface area contributed by atoms with Gasteiger partial charge < -0.3 is 4.99 Å². The van der Waals surface area contributed by atoms with Crippen molar-refractivity contribution in [2.24, 2.45) is 4.99 Å². The van der Waals surface area contributed by atoms with Crippen molar-refractivity contribution in [2.75, 3.05) is 0 Å². The highest BCUT2D eigenvalue weighted by Crippen LogP contribution is 2.25. The van der Waals surface area contributed by atoms with Gasteiger partial charge in [0, 0.05) is 0 Å². The molecule has 0 aliphatic carbocycles. The average Bonchev–Trinajstić information content (AvgIpc) is 2.28. The van der Waals surface area contributed by atoms with Crippen molar-refractivity contribution in [2.45, 2.75) is 13.0 Å². The molecular weight excluding hydrogens is 197 g/mol. The molecule has 1 nitrogen and oxygen atoms in total. The number of aliphatic imine (C=N–C) groups is 1. The van der Waals surface area contributed by atoms with E-state index in [4.69, 9.17) is 0 Å². The summed E-state index contributed by atoms with van der Waals surface area (Å²) in [6.07, 6.45) is 0. The standard InChI is InChI=1S/C13H12N.Al/c1-10(14-2)12-9-5-7-11-6-3-4-8-13(11)12;/h2-10H,1H3;/t10-;/m1./s1. The Hall–Kier alpha value is -1.10. The molecule has 0 spiro atoms. The summed E-state index contributed by atoms with van der Waals surface area (Å²) in [6.45, 7) is 2.11. The molecule has 0 unspecified atom stereocenters. The Morgan fingerprint density at radius 2 is 1.87 bits per heavy atom. The summed E-state index contributed by atoms with van der Waals surface area (Å²) in [4.78, 5) is 4.38. The third kappa shape index (κ3) is 2.12. The first-order valence-corrected chi connectivity index (χ1v) is 5.70. The molecule has 0 aliphatic heterocycles. The summed E-state index contributed by atoms with van der Waals surface area (Å²) in [6, 6.07) is 15.0. The molecule has 0 amide bonds. The van der Waals surface area contributed by atoms with E-state index >= 15 is 0 Å². The lowest BCUT2D eigenvalue weighted by atomic mass is 10.0. The van der Waals surface area contributed by atoms with Crippen LogP contribution in [0.3, 0.4) is 0 Å². The summed E-state index contributed by atoms with van der Waals surface area (Å²) in [5.41, 5.74) is 1.28. The fourth-order valence-corrected chi connectivity index (χ4v) is 2.08. The molecular formula is C13H12AlN. The molecule has 0 heterocycles. The van der Waals surface area contributed by atoms with E-state index in [0.717, 1.165) is 0 Å². The van der Waals surface area contributed by atoms with Crippen molar-refractivity contribution < 1.29 is 0 Å². The topological polar surface area (TPSA) is 12.4 Å². The molecule has 0 aliphatic rings. The number of rotatable bonds is 2. The van der Waals surface area contributed by atoms with Gasteiger partial charge in [-0.15, -0.1) is 0 Å². The van der Waals surface area contributed by atoms with Crippen molar-refractivity contribution in [3.8, 4) is 0 Å². The smallest absolute Gasteiger partial charge is 0.195 e. The summed E-state index contributed by atoms with van der Waals surface area (Å²) >= 11 is 2.52. The number of hydrogen-bond acceptors (Lipinski definition) is 1. The van der Waals surface area contributed by atoms with Gasteiger partial charge in [-0.1, -0.05) is 47.5 Å². The van der Waals surface area contributed by atoms with Gasteiger partial charge >= 0.3 is 0 Å². The molecule has 0 saturated heterocycles. The van der Waals surface area contributed by atoms with Gasteiger partial charge in [-0.05, 0) is 23.3 Å². The monoisotopic (exact) mass is 209 g/mol. The van der Waals surface area contributed by atoms with Crippen LogP contribution in [0.5, 0.6) is 0 Å². The number of hydrogen-bond donors (Lipinski definition) is 0. The van der Waals surface area contributed by atoms with Crippen molar-refractivity contribution in [1.82, 2.24) is 0 Å². The van der Waals surface area contributed by atoms with Gasteiger partial charge in [-0.2, -0.15) is 0 Å². The zero-order chi connectivity index (χ0) is 10.7. The minimum atomic E-state index is 0.216. The van der Waals surface area contributed by atoms with E-state index in [-0.39, 0.29) is 6.04 Å². The maximum atomic E-state index is 4.38. The number of fused-ring (bicyclic) bond motifs is 1. The molecule has 2 aromatic carbocycles. The summed E-state index contributed by atoms with van der Waals surface area (Å²) in [7, 11) is 0. The maximum absolute atomic E-state index is 4.38. The van der Waals surface area contributed by atoms with E-state index < -0.39 is 0 Å². The van der Waals surface area contributed by atoms with Gasteiger partial charge in [-0.3, -0.25) is 0 Å². The van der Waals surface area contributed by atoms with Crippen LogP contribution in [0.1, 0.15) is 18.5 Å². The first-order chi connectivity index (χ1) is 7.33. The van der Waals surface area contributed by atoms with Gasteiger partial charge in [0.15, 0.2) is 16.3 Å². The molecule has 2 radical (unpaired) electrons. The highest BCUT2D eigenvalue weighted by atomic mass is 27.0. The van der Waals surface area contributed by atoms with Crippen LogP contribution in [0.15, 0.2) is 47.5 Å². The summed E-state index contributed by atoms with van der Waals surface area (Å²) < 4.78 is 0. The lowest BCUT2D eigenvalue weighted by Crippen LogP contribution is -1.91. The van der Waals surface area contributed by atoms with Crippen molar-refractivity contribution in [3.63, 3.8) is 0 Å². The van der Waals surface area contributed by atoms with Crippen LogP contribution in [-0.4, -0.2) is 21.4 Å². The molecule has 2 aromatic rings. The molecule has 0 aromatic heterocycles. The molecule has 2 heteroatoms. The summed E-state index contributed by atoms with van der Waals surface area (Å²) in [5.74, 6) is 0. The minimum absolute atomic E-state index is 0.216.